The zero-order valence-electron chi connectivity index (χ0n) is 7.49. The number of carbonyl (C=O) groups excluding carboxylic acids is 1. The van der Waals surface area contributed by atoms with Crippen molar-refractivity contribution in [2.45, 2.75) is 13.3 Å². The van der Waals surface area contributed by atoms with E-state index in [0.717, 1.165) is 6.42 Å². The highest BCUT2D eigenvalue weighted by Gasteiger charge is 2.21. The van der Waals surface area contributed by atoms with E-state index in [1.165, 1.54) is 0 Å². The molecule has 4 heteroatoms. The normalized spacial score (nSPS) is 14.1. The van der Waals surface area contributed by atoms with Crippen LogP contribution in [0.4, 0.5) is 0 Å². The van der Waals surface area contributed by atoms with Gasteiger partial charge in [-0.1, -0.05) is 6.92 Å². The number of hydrogen-bond acceptors (Lipinski definition) is 4. The minimum Gasteiger partial charge on any atom is -0.362 e. The summed E-state index contributed by atoms with van der Waals surface area (Å²) in [6.45, 7) is 2.64. The molecule has 1 radical (unpaired) electrons. The van der Waals surface area contributed by atoms with Crippen LogP contribution in [0.3, 0.4) is 0 Å². The fraction of sp³-hybridized carbons (Fsp3) is 0.333. The Morgan fingerprint density at radius 2 is 2.46 bits per heavy atom. The minimum atomic E-state index is -0.450. The van der Waals surface area contributed by atoms with E-state index in [-0.39, 0.29) is 0 Å². The molecule has 0 saturated heterocycles. The summed E-state index contributed by atoms with van der Waals surface area (Å²) < 4.78 is 0. The molecule has 0 fully saturated rings. The largest absolute Gasteiger partial charge is 0.429 e. The van der Waals surface area contributed by atoms with Crippen LogP contribution in [0.2, 0.25) is 0 Å². The van der Waals surface area contributed by atoms with Crippen LogP contribution >= 0.6 is 0 Å². The first-order valence-corrected chi connectivity index (χ1v) is 4.19. The van der Waals surface area contributed by atoms with Crippen molar-refractivity contribution in [3.05, 3.63) is 23.9 Å². The lowest BCUT2D eigenvalue weighted by Crippen LogP contribution is -2.23. The van der Waals surface area contributed by atoms with Crippen LogP contribution in [0.15, 0.2) is 23.9 Å². The topological polar surface area (TPSA) is 52.4 Å². The predicted octanol–water partition coefficient (Wildman–Crippen LogP) is 0.304. The number of nitrogens with one attached hydrogen (secondary N) is 1. The molecule has 13 heavy (non-hydrogen) atoms. The molecule has 0 aliphatic carbocycles. The fourth-order valence-electron chi connectivity index (χ4n) is 0.754. The molecule has 69 valence electrons. The third-order valence-corrected chi connectivity index (χ3v) is 1.39. The Bertz CT molecular complexity index is 267. The van der Waals surface area contributed by atoms with Crippen LogP contribution in [-0.4, -0.2) is 18.7 Å². The molecule has 0 aromatic carbocycles. The summed E-state index contributed by atoms with van der Waals surface area (Å²) in [6, 6.07) is 0. The van der Waals surface area contributed by atoms with Crippen molar-refractivity contribution in [1.82, 2.24) is 10.5 Å². The lowest BCUT2D eigenvalue weighted by Gasteiger charge is -1.99. The number of hydroxylamine groups is 1. The summed E-state index contributed by atoms with van der Waals surface area (Å²) in [5, 5.41) is 0. The number of allylic oxidation sites excluding steroid dienone is 3. The first-order chi connectivity index (χ1) is 6.34. The van der Waals surface area contributed by atoms with E-state index in [2.05, 4.69) is 10.5 Å². The predicted molar refractivity (Wildman–Crippen MR) is 49.8 cm³/mol. The highest BCUT2D eigenvalue weighted by atomic mass is 16.7. The summed E-state index contributed by atoms with van der Waals surface area (Å²) in [5.41, 5.74) is 2.85. The molecule has 1 aliphatic heterocycles. The summed E-state index contributed by atoms with van der Waals surface area (Å²) in [7, 11) is 0. The molecule has 0 bridgehead atoms. The SMILES string of the molecule is CCCNOC(=O)C1=CC=CC=[N+]1. The molecule has 0 spiro atoms. The molecule has 1 aliphatic rings. The molecule has 4 nitrogen and oxygen atoms in total. The lowest BCUT2D eigenvalue weighted by molar-refractivity contribution is -0.146. The molecule has 0 aromatic rings. The monoisotopic (exact) mass is 180 g/mol. The first kappa shape index (κ1) is 9.67. The fourth-order valence-corrected chi connectivity index (χ4v) is 0.754. The van der Waals surface area contributed by atoms with Crippen molar-refractivity contribution in [2.75, 3.05) is 6.54 Å². The third kappa shape index (κ3) is 3.21. The Morgan fingerprint density at radius 1 is 1.62 bits per heavy atom. The van der Waals surface area contributed by atoms with Crippen molar-refractivity contribution in [1.29, 1.82) is 0 Å². The van der Waals surface area contributed by atoms with Gasteiger partial charge in [0.2, 0.25) is 6.21 Å². The van der Waals surface area contributed by atoms with Crippen molar-refractivity contribution >= 4 is 12.2 Å². The van der Waals surface area contributed by atoms with E-state index in [1.54, 1.807) is 24.4 Å². The van der Waals surface area contributed by atoms with Crippen molar-refractivity contribution < 1.29 is 9.63 Å². The summed E-state index contributed by atoms with van der Waals surface area (Å²) in [4.78, 5) is 19.7. The standard InChI is InChI=1S/C9H12N2O2/c1-2-6-11-13-9(12)8-5-3-4-7-10-8/h3-5,7,11H,2,6H2,1H3/q+1. The quantitative estimate of drug-likeness (QED) is 0.500. The van der Waals surface area contributed by atoms with Gasteiger partial charge in [0, 0.05) is 18.7 Å². The van der Waals surface area contributed by atoms with Crippen LogP contribution in [0, 0.1) is 0 Å². The van der Waals surface area contributed by atoms with Gasteiger partial charge in [-0.2, -0.15) is 5.48 Å². The summed E-state index contributed by atoms with van der Waals surface area (Å²) in [6.07, 6.45) is 7.56. The summed E-state index contributed by atoms with van der Waals surface area (Å²) in [5.74, 6) is -0.450. The van der Waals surface area contributed by atoms with Crippen molar-refractivity contribution in [3.8, 4) is 0 Å². The Kier molecular flexibility index (Phi) is 3.92. The number of nitrogens with zero attached hydrogens (tertiary/aromatic N) is 1. The van der Waals surface area contributed by atoms with Gasteiger partial charge in [-0.05, 0) is 12.5 Å². The zero-order valence-corrected chi connectivity index (χ0v) is 7.49. The highest BCUT2D eigenvalue weighted by molar-refractivity contribution is 5.91. The molecule has 0 amide bonds. The highest BCUT2D eigenvalue weighted by Crippen LogP contribution is 1.95. The minimum absolute atomic E-state index is 0.311. The molecule has 1 N–H and O–H groups in total. The zero-order chi connectivity index (χ0) is 9.52. The second-order valence-electron chi connectivity index (χ2n) is 2.50. The molecule has 0 aromatic heterocycles. The Hall–Kier alpha value is -1.42. The van der Waals surface area contributed by atoms with Crippen molar-refractivity contribution in [2.24, 2.45) is 0 Å². The van der Waals surface area contributed by atoms with E-state index >= 15 is 0 Å². The molecular weight excluding hydrogens is 168 g/mol. The van der Waals surface area contributed by atoms with Gasteiger partial charge in [-0.3, -0.25) is 0 Å². The number of hydrogen-bond donors (Lipinski definition) is 1. The molecule has 0 atom stereocenters. The second kappa shape index (κ2) is 5.27. The number of carbonyl (C=O) groups is 1. The van der Waals surface area contributed by atoms with Gasteiger partial charge in [0.25, 0.3) is 0 Å². The maximum atomic E-state index is 11.2. The molecule has 1 heterocycles. The number of aliphatic imine (C=N–C) groups is 1. The van der Waals surface area contributed by atoms with E-state index < -0.39 is 5.97 Å². The smallest absolute Gasteiger partial charge is 0.362 e. The van der Waals surface area contributed by atoms with E-state index in [4.69, 9.17) is 4.84 Å². The Morgan fingerprint density at radius 3 is 3.08 bits per heavy atom. The average Bonchev–Trinajstić information content (AvgIpc) is 2.19. The van der Waals surface area contributed by atoms with Gasteiger partial charge in [0.1, 0.15) is 0 Å². The number of rotatable bonds is 4. The molecule has 0 saturated carbocycles. The van der Waals surface area contributed by atoms with Crippen LogP contribution in [0.5, 0.6) is 0 Å². The maximum absolute atomic E-state index is 11.2. The van der Waals surface area contributed by atoms with Crippen LogP contribution in [-0.2, 0) is 9.63 Å². The van der Waals surface area contributed by atoms with Gasteiger partial charge in [0.05, 0.1) is 4.99 Å². The Labute approximate surface area is 76.9 Å². The van der Waals surface area contributed by atoms with Crippen molar-refractivity contribution in [3.63, 3.8) is 0 Å². The molecule has 1 rings (SSSR count). The lowest BCUT2D eigenvalue weighted by atomic mass is 10.3. The molecule has 0 unspecified atom stereocenters. The summed E-state index contributed by atoms with van der Waals surface area (Å²) >= 11 is 0. The average molecular weight is 180 g/mol. The van der Waals surface area contributed by atoms with Gasteiger partial charge < -0.3 is 4.84 Å². The van der Waals surface area contributed by atoms with E-state index in [9.17, 15) is 4.79 Å². The third-order valence-electron chi connectivity index (χ3n) is 1.39. The van der Waals surface area contributed by atoms with Gasteiger partial charge in [-0.15, -0.1) is 0 Å². The first-order valence-electron chi connectivity index (χ1n) is 4.19. The van der Waals surface area contributed by atoms with Crippen LogP contribution < -0.4 is 10.5 Å². The molecular formula is C9H12N2O2+. The van der Waals surface area contributed by atoms with Gasteiger partial charge >= 0.3 is 11.7 Å². The maximum Gasteiger partial charge on any atom is 0.429 e. The van der Waals surface area contributed by atoms with Crippen LogP contribution in [0.1, 0.15) is 13.3 Å². The van der Waals surface area contributed by atoms with Gasteiger partial charge in [-0.25, -0.2) is 4.79 Å². The second-order valence-corrected chi connectivity index (χ2v) is 2.50. The van der Waals surface area contributed by atoms with Crippen LogP contribution in [0.25, 0.3) is 0 Å². The van der Waals surface area contributed by atoms with E-state index in [1.807, 2.05) is 6.92 Å². The van der Waals surface area contributed by atoms with E-state index in [0.29, 0.717) is 12.2 Å². The Balaban J connectivity index is 2.35. The van der Waals surface area contributed by atoms with Gasteiger partial charge in [0.15, 0.2) is 0 Å².